The van der Waals surface area contributed by atoms with Gasteiger partial charge in [0.25, 0.3) is 0 Å². The highest BCUT2D eigenvalue weighted by Gasteiger charge is 2.05. The number of aromatic nitrogens is 1. The second-order valence-corrected chi connectivity index (χ2v) is 3.71. The third-order valence-corrected chi connectivity index (χ3v) is 2.58. The van der Waals surface area contributed by atoms with Gasteiger partial charge in [-0.3, -0.25) is 0 Å². The third-order valence-electron chi connectivity index (χ3n) is 2.58. The lowest BCUT2D eigenvalue weighted by molar-refractivity contribution is 0.258. The van der Waals surface area contributed by atoms with Gasteiger partial charge in [-0.25, -0.2) is 4.98 Å². The first-order valence-corrected chi connectivity index (χ1v) is 5.51. The monoisotopic (exact) mass is 219 g/mol. The second kappa shape index (κ2) is 6.81. The van der Waals surface area contributed by atoms with E-state index in [-0.39, 0.29) is 6.61 Å². The Bertz CT molecular complexity index is 360. The standard InChI is InChI=1S/C12H17N3O/c1-2-10(4-6-16)9-15-11-3-5-14-12(7-11)8-13/h3,5,7,10,16H,2,4,6,9H2,1H3,(H,14,15). The Hall–Kier alpha value is -1.60. The average Bonchev–Trinajstić information content (AvgIpc) is 2.34. The Morgan fingerprint density at radius 2 is 2.44 bits per heavy atom. The molecule has 0 amide bonds. The van der Waals surface area contributed by atoms with Crippen LogP contribution in [0.15, 0.2) is 18.3 Å². The van der Waals surface area contributed by atoms with Gasteiger partial charge in [-0.15, -0.1) is 0 Å². The summed E-state index contributed by atoms with van der Waals surface area (Å²) in [5.41, 5.74) is 1.32. The zero-order chi connectivity index (χ0) is 11.8. The number of nitriles is 1. The van der Waals surface area contributed by atoms with Gasteiger partial charge in [0.15, 0.2) is 0 Å². The van der Waals surface area contributed by atoms with Crippen LogP contribution in [0.5, 0.6) is 0 Å². The average molecular weight is 219 g/mol. The molecule has 4 nitrogen and oxygen atoms in total. The van der Waals surface area contributed by atoms with Crippen molar-refractivity contribution in [3.8, 4) is 6.07 Å². The fourth-order valence-electron chi connectivity index (χ4n) is 1.50. The van der Waals surface area contributed by atoms with Crippen molar-refractivity contribution in [1.29, 1.82) is 5.26 Å². The van der Waals surface area contributed by atoms with Crippen LogP contribution < -0.4 is 5.32 Å². The summed E-state index contributed by atoms with van der Waals surface area (Å²) in [7, 11) is 0. The zero-order valence-corrected chi connectivity index (χ0v) is 9.48. The third kappa shape index (κ3) is 3.87. The van der Waals surface area contributed by atoms with Crippen LogP contribution >= 0.6 is 0 Å². The first-order valence-electron chi connectivity index (χ1n) is 5.51. The van der Waals surface area contributed by atoms with Crippen molar-refractivity contribution in [3.05, 3.63) is 24.0 Å². The Morgan fingerprint density at radius 1 is 1.62 bits per heavy atom. The molecule has 1 heterocycles. The summed E-state index contributed by atoms with van der Waals surface area (Å²) in [4.78, 5) is 3.90. The first kappa shape index (κ1) is 12.5. The summed E-state index contributed by atoms with van der Waals surface area (Å²) in [6.45, 7) is 3.14. The predicted octanol–water partition coefficient (Wildman–Crippen LogP) is 1.77. The normalized spacial score (nSPS) is 11.8. The van der Waals surface area contributed by atoms with Crippen LogP contribution in [0.1, 0.15) is 25.5 Å². The van der Waals surface area contributed by atoms with E-state index in [0.29, 0.717) is 11.6 Å². The number of pyridine rings is 1. The lowest BCUT2D eigenvalue weighted by atomic mass is 10.0. The molecule has 4 heteroatoms. The number of nitrogens with one attached hydrogen (secondary N) is 1. The van der Waals surface area contributed by atoms with Gasteiger partial charge in [0.2, 0.25) is 0 Å². The van der Waals surface area contributed by atoms with Crippen LogP contribution in [-0.4, -0.2) is 23.2 Å². The van der Waals surface area contributed by atoms with E-state index in [1.165, 1.54) is 0 Å². The minimum atomic E-state index is 0.222. The number of aliphatic hydroxyl groups excluding tert-OH is 1. The van der Waals surface area contributed by atoms with Gasteiger partial charge in [0.1, 0.15) is 11.8 Å². The predicted molar refractivity (Wildman–Crippen MR) is 62.9 cm³/mol. The summed E-state index contributed by atoms with van der Waals surface area (Å²) in [6, 6.07) is 5.57. The van der Waals surface area contributed by atoms with Crippen molar-refractivity contribution in [3.63, 3.8) is 0 Å². The SMILES string of the molecule is CCC(CCO)CNc1ccnc(C#N)c1. The Balaban J connectivity index is 2.50. The molecule has 16 heavy (non-hydrogen) atoms. The number of nitrogens with zero attached hydrogens (tertiary/aromatic N) is 2. The molecule has 0 spiro atoms. The lowest BCUT2D eigenvalue weighted by Gasteiger charge is -2.15. The number of anilines is 1. The minimum Gasteiger partial charge on any atom is -0.396 e. The summed E-state index contributed by atoms with van der Waals surface area (Å²) in [5, 5.41) is 20.8. The molecule has 1 unspecified atom stereocenters. The molecule has 0 aliphatic heterocycles. The van der Waals surface area contributed by atoms with Crippen molar-refractivity contribution < 1.29 is 5.11 Å². The fraction of sp³-hybridized carbons (Fsp3) is 0.500. The maximum Gasteiger partial charge on any atom is 0.142 e. The lowest BCUT2D eigenvalue weighted by Crippen LogP contribution is -2.15. The molecule has 0 saturated heterocycles. The van der Waals surface area contributed by atoms with Crippen molar-refractivity contribution in [1.82, 2.24) is 4.98 Å². The first-order chi connectivity index (χ1) is 7.80. The van der Waals surface area contributed by atoms with Gasteiger partial charge in [-0.1, -0.05) is 13.3 Å². The smallest absolute Gasteiger partial charge is 0.142 e. The van der Waals surface area contributed by atoms with Crippen molar-refractivity contribution >= 4 is 5.69 Å². The van der Waals surface area contributed by atoms with Gasteiger partial charge in [0.05, 0.1) is 0 Å². The van der Waals surface area contributed by atoms with Gasteiger partial charge < -0.3 is 10.4 Å². The molecule has 86 valence electrons. The van der Waals surface area contributed by atoms with Crippen LogP contribution in [0.2, 0.25) is 0 Å². The van der Waals surface area contributed by atoms with Crippen LogP contribution in [0.3, 0.4) is 0 Å². The van der Waals surface area contributed by atoms with Crippen molar-refractivity contribution in [2.24, 2.45) is 5.92 Å². The molecule has 0 saturated carbocycles. The van der Waals surface area contributed by atoms with Gasteiger partial charge >= 0.3 is 0 Å². The fourth-order valence-corrected chi connectivity index (χ4v) is 1.50. The summed E-state index contributed by atoms with van der Waals surface area (Å²) in [6.07, 6.45) is 3.46. The maximum atomic E-state index is 8.87. The number of hydrogen-bond donors (Lipinski definition) is 2. The van der Waals surface area contributed by atoms with E-state index < -0.39 is 0 Å². The van der Waals surface area contributed by atoms with E-state index in [0.717, 1.165) is 25.1 Å². The van der Waals surface area contributed by atoms with Crippen molar-refractivity contribution in [2.75, 3.05) is 18.5 Å². The summed E-state index contributed by atoms with van der Waals surface area (Å²) >= 11 is 0. The Labute approximate surface area is 95.9 Å². The van der Waals surface area contributed by atoms with E-state index in [1.54, 1.807) is 12.3 Å². The zero-order valence-electron chi connectivity index (χ0n) is 9.48. The number of rotatable bonds is 6. The van der Waals surface area contributed by atoms with Gasteiger partial charge in [0, 0.05) is 25.0 Å². The summed E-state index contributed by atoms with van der Waals surface area (Å²) < 4.78 is 0. The number of aliphatic hydroxyl groups is 1. The van der Waals surface area contributed by atoms with Crippen LogP contribution in [0.4, 0.5) is 5.69 Å². The molecular weight excluding hydrogens is 202 g/mol. The number of hydrogen-bond acceptors (Lipinski definition) is 4. The molecule has 0 fully saturated rings. The van der Waals surface area contributed by atoms with E-state index in [4.69, 9.17) is 10.4 Å². The molecule has 0 radical (unpaired) electrons. The van der Waals surface area contributed by atoms with E-state index in [1.807, 2.05) is 12.1 Å². The minimum absolute atomic E-state index is 0.222. The Kier molecular flexibility index (Phi) is 5.30. The van der Waals surface area contributed by atoms with Crippen LogP contribution in [0, 0.1) is 17.2 Å². The molecule has 1 aromatic heterocycles. The molecule has 1 atom stereocenters. The van der Waals surface area contributed by atoms with Crippen molar-refractivity contribution in [2.45, 2.75) is 19.8 Å². The van der Waals surface area contributed by atoms with E-state index >= 15 is 0 Å². The van der Waals surface area contributed by atoms with Gasteiger partial charge in [-0.05, 0) is 24.5 Å². The largest absolute Gasteiger partial charge is 0.396 e. The second-order valence-electron chi connectivity index (χ2n) is 3.71. The maximum absolute atomic E-state index is 8.87. The summed E-state index contributed by atoms with van der Waals surface area (Å²) in [5.74, 6) is 0.462. The van der Waals surface area contributed by atoms with E-state index in [9.17, 15) is 0 Å². The highest BCUT2D eigenvalue weighted by atomic mass is 16.3. The Morgan fingerprint density at radius 3 is 3.06 bits per heavy atom. The molecule has 2 N–H and O–H groups in total. The highest BCUT2D eigenvalue weighted by Crippen LogP contribution is 2.11. The molecule has 0 aliphatic rings. The molecular formula is C12H17N3O. The van der Waals surface area contributed by atoms with Gasteiger partial charge in [-0.2, -0.15) is 5.26 Å². The van der Waals surface area contributed by atoms with Crippen LogP contribution in [-0.2, 0) is 0 Å². The molecule has 0 aromatic carbocycles. The van der Waals surface area contributed by atoms with Crippen LogP contribution in [0.25, 0.3) is 0 Å². The van der Waals surface area contributed by atoms with E-state index in [2.05, 4.69) is 17.2 Å². The highest BCUT2D eigenvalue weighted by molar-refractivity contribution is 5.45. The molecule has 0 bridgehead atoms. The molecule has 1 aromatic rings. The molecule has 1 rings (SSSR count). The topological polar surface area (TPSA) is 68.9 Å². The molecule has 0 aliphatic carbocycles. The quantitative estimate of drug-likeness (QED) is 0.765.